The fraction of sp³-hybridized carbons (Fsp3) is 1.00. The number of hydrogen-bond acceptors (Lipinski definition) is 1. The van der Waals surface area contributed by atoms with Crippen LogP contribution in [0.1, 0.15) is 71.1 Å². The van der Waals surface area contributed by atoms with Crippen LogP contribution in [0.15, 0.2) is 0 Å². The summed E-state index contributed by atoms with van der Waals surface area (Å²) in [7, 11) is 0. The second-order valence-electron chi connectivity index (χ2n) is 6.15. The molecule has 0 spiro atoms. The van der Waals surface area contributed by atoms with E-state index in [1.165, 1.54) is 64.2 Å². The molecule has 0 saturated heterocycles. The highest BCUT2D eigenvalue weighted by Crippen LogP contribution is 2.39. The molecule has 0 amide bonds. The molecule has 2 rings (SSSR count). The van der Waals surface area contributed by atoms with E-state index >= 15 is 0 Å². The second-order valence-corrected chi connectivity index (χ2v) is 6.15. The maximum atomic E-state index is 6.38. The first-order valence-electron chi connectivity index (χ1n) is 7.56. The SMILES string of the molecule is CCC1CCC(C2CCCCCC2N)CC1. The first kappa shape index (κ1) is 12.4. The quantitative estimate of drug-likeness (QED) is 0.700. The third-order valence-corrected chi connectivity index (χ3v) is 5.20. The zero-order valence-electron chi connectivity index (χ0n) is 11.0. The van der Waals surface area contributed by atoms with Crippen molar-refractivity contribution < 1.29 is 0 Å². The summed E-state index contributed by atoms with van der Waals surface area (Å²) in [5, 5.41) is 0. The normalized spacial score (nSPS) is 41.6. The highest BCUT2D eigenvalue weighted by atomic mass is 14.7. The van der Waals surface area contributed by atoms with Crippen LogP contribution in [0.25, 0.3) is 0 Å². The summed E-state index contributed by atoms with van der Waals surface area (Å²) in [5.41, 5.74) is 6.38. The largest absolute Gasteiger partial charge is 0.327 e. The van der Waals surface area contributed by atoms with E-state index in [1.807, 2.05) is 0 Å². The van der Waals surface area contributed by atoms with Gasteiger partial charge in [-0.25, -0.2) is 0 Å². The molecule has 2 saturated carbocycles. The van der Waals surface area contributed by atoms with Gasteiger partial charge in [0, 0.05) is 6.04 Å². The standard InChI is InChI=1S/C15H29N/c1-2-12-8-10-13(11-9-12)14-6-4-3-5-7-15(14)16/h12-15H,2-11,16H2,1H3. The Balaban J connectivity index is 1.86. The predicted octanol–water partition coefficient (Wildman–Crippen LogP) is 4.11. The average Bonchev–Trinajstić information content (AvgIpc) is 2.54. The minimum Gasteiger partial charge on any atom is -0.327 e. The number of hydrogen-bond donors (Lipinski definition) is 1. The van der Waals surface area contributed by atoms with E-state index in [9.17, 15) is 0 Å². The van der Waals surface area contributed by atoms with Gasteiger partial charge >= 0.3 is 0 Å². The van der Waals surface area contributed by atoms with E-state index in [2.05, 4.69) is 6.92 Å². The Bertz CT molecular complexity index is 194. The van der Waals surface area contributed by atoms with Gasteiger partial charge in [-0.1, -0.05) is 45.4 Å². The second kappa shape index (κ2) is 6.05. The van der Waals surface area contributed by atoms with Crippen LogP contribution in [-0.2, 0) is 0 Å². The summed E-state index contributed by atoms with van der Waals surface area (Å²) >= 11 is 0. The van der Waals surface area contributed by atoms with Crippen LogP contribution in [-0.4, -0.2) is 6.04 Å². The first-order chi connectivity index (χ1) is 7.81. The minimum absolute atomic E-state index is 0.519. The van der Waals surface area contributed by atoms with Crippen molar-refractivity contribution in [2.45, 2.75) is 77.2 Å². The smallest absolute Gasteiger partial charge is 0.00698 e. The van der Waals surface area contributed by atoms with Crippen LogP contribution in [0.3, 0.4) is 0 Å². The molecule has 0 bridgehead atoms. The monoisotopic (exact) mass is 223 g/mol. The van der Waals surface area contributed by atoms with Gasteiger partial charge in [0.1, 0.15) is 0 Å². The Kier molecular flexibility index (Phi) is 4.69. The van der Waals surface area contributed by atoms with Gasteiger partial charge in [-0.2, -0.15) is 0 Å². The topological polar surface area (TPSA) is 26.0 Å². The summed E-state index contributed by atoms with van der Waals surface area (Å²) in [6.45, 7) is 2.35. The van der Waals surface area contributed by atoms with Crippen molar-refractivity contribution in [3.05, 3.63) is 0 Å². The van der Waals surface area contributed by atoms with Crippen molar-refractivity contribution in [3.63, 3.8) is 0 Å². The molecule has 2 unspecified atom stereocenters. The molecule has 0 aromatic carbocycles. The lowest BCUT2D eigenvalue weighted by atomic mass is 9.71. The molecular weight excluding hydrogens is 194 g/mol. The third kappa shape index (κ3) is 3.00. The van der Waals surface area contributed by atoms with Crippen LogP contribution in [0.2, 0.25) is 0 Å². The predicted molar refractivity (Wildman–Crippen MR) is 70.3 cm³/mol. The molecule has 2 fully saturated rings. The molecule has 0 aromatic heterocycles. The average molecular weight is 223 g/mol. The van der Waals surface area contributed by atoms with E-state index in [0.717, 1.165) is 17.8 Å². The van der Waals surface area contributed by atoms with Gasteiger partial charge in [0.15, 0.2) is 0 Å². The van der Waals surface area contributed by atoms with E-state index < -0.39 is 0 Å². The van der Waals surface area contributed by atoms with E-state index in [0.29, 0.717) is 6.04 Å². The summed E-state index contributed by atoms with van der Waals surface area (Å²) in [6.07, 6.45) is 14.2. The van der Waals surface area contributed by atoms with Gasteiger partial charge in [-0.05, 0) is 43.4 Å². The van der Waals surface area contributed by atoms with Crippen molar-refractivity contribution in [1.82, 2.24) is 0 Å². The fourth-order valence-corrected chi connectivity index (χ4v) is 3.97. The lowest BCUT2D eigenvalue weighted by molar-refractivity contribution is 0.172. The van der Waals surface area contributed by atoms with Crippen molar-refractivity contribution in [2.75, 3.05) is 0 Å². The fourth-order valence-electron chi connectivity index (χ4n) is 3.97. The zero-order chi connectivity index (χ0) is 11.4. The van der Waals surface area contributed by atoms with Crippen molar-refractivity contribution in [1.29, 1.82) is 0 Å². The highest BCUT2D eigenvalue weighted by Gasteiger charge is 2.31. The highest BCUT2D eigenvalue weighted by molar-refractivity contribution is 4.85. The third-order valence-electron chi connectivity index (χ3n) is 5.20. The number of nitrogens with two attached hydrogens (primary N) is 1. The van der Waals surface area contributed by atoms with Crippen molar-refractivity contribution in [2.24, 2.45) is 23.5 Å². The molecule has 0 heterocycles. The van der Waals surface area contributed by atoms with E-state index in [1.54, 1.807) is 0 Å². The maximum Gasteiger partial charge on any atom is 0.00698 e. The maximum absolute atomic E-state index is 6.38. The van der Waals surface area contributed by atoms with Crippen LogP contribution in [0.4, 0.5) is 0 Å². The molecule has 2 atom stereocenters. The molecule has 94 valence electrons. The zero-order valence-corrected chi connectivity index (χ0v) is 11.0. The van der Waals surface area contributed by atoms with E-state index in [4.69, 9.17) is 5.73 Å². The molecule has 0 aliphatic heterocycles. The van der Waals surface area contributed by atoms with Crippen LogP contribution < -0.4 is 5.73 Å². The van der Waals surface area contributed by atoms with Crippen LogP contribution in [0, 0.1) is 17.8 Å². The van der Waals surface area contributed by atoms with Gasteiger partial charge in [0.25, 0.3) is 0 Å². The van der Waals surface area contributed by atoms with E-state index in [-0.39, 0.29) is 0 Å². The van der Waals surface area contributed by atoms with Crippen LogP contribution in [0.5, 0.6) is 0 Å². The summed E-state index contributed by atoms with van der Waals surface area (Å²) in [6, 6.07) is 0.519. The lowest BCUT2D eigenvalue weighted by Gasteiger charge is -2.36. The summed E-state index contributed by atoms with van der Waals surface area (Å²) < 4.78 is 0. The van der Waals surface area contributed by atoms with Gasteiger partial charge in [0.05, 0.1) is 0 Å². The van der Waals surface area contributed by atoms with Gasteiger partial charge in [-0.3, -0.25) is 0 Å². The Morgan fingerprint density at radius 3 is 2.25 bits per heavy atom. The molecule has 1 heteroatoms. The van der Waals surface area contributed by atoms with Crippen molar-refractivity contribution in [3.8, 4) is 0 Å². The Morgan fingerprint density at radius 2 is 1.56 bits per heavy atom. The van der Waals surface area contributed by atoms with Gasteiger partial charge < -0.3 is 5.73 Å². The van der Waals surface area contributed by atoms with Crippen LogP contribution >= 0.6 is 0 Å². The van der Waals surface area contributed by atoms with Gasteiger partial charge in [-0.15, -0.1) is 0 Å². The van der Waals surface area contributed by atoms with Gasteiger partial charge in [0.2, 0.25) is 0 Å². The first-order valence-corrected chi connectivity index (χ1v) is 7.56. The molecule has 0 aromatic rings. The molecule has 16 heavy (non-hydrogen) atoms. The number of rotatable bonds is 2. The molecule has 2 aliphatic rings. The Hall–Kier alpha value is -0.0400. The van der Waals surface area contributed by atoms with Crippen molar-refractivity contribution >= 4 is 0 Å². The molecule has 0 radical (unpaired) electrons. The molecule has 2 aliphatic carbocycles. The summed E-state index contributed by atoms with van der Waals surface area (Å²) in [5.74, 6) is 2.86. The summed E-state index contributed by atoms with van der Waals surface area (Å²) in [4.78, 5) is 0. The minimum atomic E-state index is 0.519. The molecular formula is C15H29N. The Morgan fingerprint density at radius 1 is 0.875 bits per heavy atom. The Labute approximate surface area is 101 Å². The molecule has 2 N–H and O–H groups in total. The lowest BCUT2D eigenvalue weighted by Crippen LogP contribution is -2.35. The molecule has 1 nitrogen and oxygen atoms in total.